The van der Waals surface area contributed by atoms with Crippen LogP contribution in [0.25, 0.3) is 0 Å². The average molecular weight is 365 g/mol. The van der Waals surface area contributed by atoms with E-state index in [2.05, 4.69) is 0 Å². The molecule has 2 fully saturated rings. The molecule has 1 aliphatic carbocycles. The van der Waals surface area contributed by atoms with Crippen molar-refractivity contribution in [2.24, 2.45) is 11.3 Å². The van der Waals surface area contributed by atoms with Gasteiger partial charge >= 0.3 is 5.97 Å². The molecule has 1 spiro atoms. The monoisotopic (exact) mass is 365 g/mol. The average Bonchev–Trinajstić information content (AvgIpc) is 3.41. The molecule has 2 aromatic rings. The van der Waals surface area contributed by atoms with E-state index in [0.717, 1.165) is 24.8 Å². The summed E-state index contributed by atoms with van der Waals surface area (Å²) in [6.45, 7) is 1.17. The van der Waals surface area contributed by atoms with Crippen molar-refractivity contribution in [1.29, 1.82) is 0 Å². The van der Waals surface area contributed by atoms with Gasteiger partial charge in [0.1, 0.15) is 5.75 Å². The molecule has 1 aliphatic heterocycles. The van der Waals surface area contributed by atoms with Crippen molar-refractivity contribution in [2.75, 3.05) is 13.1 Å². The molecule has 0 aromatic heterocycles. The van der Waals surface area contributed by atoms with Crippen LogP contribution >= 0.6 is 0 Å². The first-order valence-corrected chi connectivity index (χ1v) is 9.37. The molecule has 1 heterocycles. The van der Waals surface area contributed by atoms with Crippen molar-refractivity contribution >= 4 is 11.9 Å². The fourth-order valence-electron chi connectivity index (χ4n) is 4.11. The van der Waals surface area contributed by atoms with Crippen LogP contribution in [-0.2, 0) is 9.59 Å². The highest BCUT2D eigenvalue weighted by Gasteiger charge is 2.59. The Morgan fingerprint density at radius 1 is 1.00 bits per heavy atom. The molecule has 140 valence electrons. The van der Waals surface area contributed by atoms with Gasteiger partial charge in [0.15, 0.2) is 0 Å². The van der Waals surface area contributed by atoms with E-state index in [0.29, 0.717) is 18.8 Å². The molecule has 0 bridgehead atoms. The first-order valence-electron chi connectivity index (χ1n) is 9.37. The van der Waals surface area contributed by atoms with Crippen molar-refractivity contribution in [1.82, 2.24) is 4.90 Å². The van der Waals surface area contributed by atoms with Crippen LogP contribution < -0.4 is 4.74 Å². The quantitative estimate of drug-likeness (QED) is 0.880. The fourth-order valence-corrected chi connectivity index (χ4v) is 4.11. The maximum atomic E-state index is 13.2. The van der Waals surface area contributed by atoms with Crippen LogP contribution in [0.2, 0.25) is 0 Å². The Balaban J connectivity index is 1.49. The molecule has 5 nitrogen and oxygen atoms in total. The van der Waals surface area contributed by atoms with Crippen LogP contribution in [-0.4, -0.2) is 35.0 Å². The number of ether oxygens (including phenoxy) is 1. The summed E-state index contributed by atoms with van der Waals surface area (Å²) >= 11 is 0. The molecule has 1 N–H and O–H groups in total. The number of piperidine rings is 1. The number of carboxylic acid groups (broad SMARTS) is 1. The summed E-state index contributed by atoms with van der Waals surface area (Å²) in [6.07, 6.45) is 1.55. The molecule has 2 atom stereocenters. The summed E-state index contributed by atoms with van der Waals surface area (Å²) < 4.78 is 6.06. The van der Waals surface area contributed by atoms with Gasteiger partial charge in [0, 0.05) is 18.7 Å². The van der Waals surface area contributed by atoms with Crippen molar-refractivity contribution in [2.45, 2.75) is 25.4 Å². The minimum atomic E-state index is -0.704. The molecule has 1 saturated carbocycles. The van der Waals surface area contributed by atoms with Gasteiger partial charge < -0.3 is 14.7 Å². The largest absolute Gasteiger partial charge is 0.481 e. The number of carbonyl (C=O) groups is 2. The van der Waals surface area contributed by atoms with Gasteiger partial charge in [-0.05, 0) is 36.8 Å². The lowest BCUT2D eigenvalue weighted by molar-refractivity contribution is -0.141. The number of nitrogens with zero attached hydrogens (tertiary/aromatic N) is 1. The van der Waals surface area contributed by atoms with Gasteiger partial charge in [-0.2, -0.15) is 0 Å². The molecule has 2 aliphatic rings. The highest BCUT2D eigenvalue weighted by atomic mass is 16.5. The van der Waals surface area contributed by atoms with E-state index >= 15 is 0 Å². The summed E-state index contributed by atoms with van der Waals surface area (Å²) in [4.78, 5) is 26.3. The highest BCUT2D eigenvalue weighted by molar-refractivity contribution is 5.83. The molecule has 5 heteroatoms. The van der Waals surface area contributed by atoms with Gasteiger partial charge in [-0.1, -0.05) is 48.5 Å². The molecule has 4 rings (SSSR count). The number of rotatable bonds is 5. The number of benzene rings is 2. The number of carboxylic acids is 1. The third-order valence-corrected chi connectivity index (χ3v) is 5.88. The Labute approximate surface area is 158 Å². The normalized spacial score (nSPS) is 21.5. The molecular formula is C22H23NO4. The first kappa shape index (κ1) is 17.6. The maximum absolute atomic E-state index is 13.2. The second-order valence-corrected chi connectivity index (χ2v) is 7.50. The second-order valence-electron chi connectivity index (χ2n) is 7.50. The van der Waals surface area contributed by atoms with Gasteiger partial charge in [-0.3, -0.25) is 9.59 Å². The number of hydrogen-bond acceptors (Lipinski definition) is 3. The number of para-hydroxylation sites is 1. The number of amides is 1. The van der Waals surface area contributed by atoms with E-state index in [1.165, 1.54) is 0 Å². The Morgan fingerprint density at radius 3 is 2.15 bits per heavy atom. The van der Waals surface area contributed by atoms with Gasteiger partial charge in [0.25, 0.3) is 5.91 Å². The van der Waals surface area contributed by atoms with E-state index in [1.807, 2.05) is 65.6 Å². The summed E-state index contributed by atoms with van der Waals surface area (Å²) in [5, 5.41) is 9.25. The summed E-state index contributed by atoms with van der Waals surface area (Å²) in [6, 6.07) is 18.9. The Kier molecular flexibility index (Phi) is 4.60. The Morgan fingerprint density at radius 2 is 1.59 bits per heavy atom. The zero-order valence-corrected chi connectivity index (χ0v) is 15.1. The van der Waals surface area contributed by atoms with Gasteiger partial charge in [-0.15, -0.1) is 0 Å². The lowest BCUT2D eigenvalue weighted by Crippen LogP contribution is -2.43. The van der Waals surface area contributed by atoms with Crippen molar-refractivity contribution in [3.05, 3.63) is 66.2 Å². The third-order valence-electron chi connectivity index (χ3n) is 5.88. The van der Waals surface area contributed by atoms with Crippen LogP contribution in [0.4, 0.5) is 0 Å². The standard InChI is InChI=1S/C22H23NO4/c24-20(23-13-11-22(12-14-23)15-18(22)21(25)26)19(16-7-3-1-4-8-16)27-17-9-5-2-6-10-17/h1-10,18-19H,11-15H2,(H,25,26). The SMILES string of the molecule is O=C(O)C1CC12CCN(C(=O)C(Oc1ccccc1)c1ccccc1)CC2. The fraction of sp³-hybridized carbons (Fsp3) is 0.364. The number of likely N-dealkylation sites (tertiary alicyclic amines) is 1. The molecule has 2 unspecified atom stereocenters. The molecular weight excluding hydrogens is 342 g/mol. The lowest BCUT2D eigenvalue weighted by atomic mass is 9.90. The van der Waals surface area contributed by atoms with E-state index in [4.69, 9.17) is 4.74 Å². The van der Waals surface area contributed by atoms with Crippen molar-refractivity contribution in [3.8, 4) is 5.75 Å². The molecule has 1 amide bonds. The second kappa shape index (κ2) is 7.06. The molecule has 1 saturated heterocycles. The minimum Gasteiger partial charge on any atom is -0.481 e. The van der Waals surface area contributed by atoms with E-state index in [9.17, 15) is 14.7 Å². The lowest BCUT2D eigenvalue weighted by Gasteiger charge is -2.35. The van der Waals surface area contributed by atoms with E-state index in [1.54, 1.807) is 0 Å². The molecule has 2 aromatic carbocycles. The van der Waals surface area contributed by atoms with Crippen LogP contribution in [0.5, 0.6) is 5.75 Å². The minimum absolute atomic E-state index is 0.0626. The third kappa shape index (κ3) is 3.54. The maximum Gasteiger partial charge on any atom is 0.307 e. The van der Waals surface area contributed by atoms with Crippen molar-refractivity contribution < 1.29 is 19.4 Å². The summed E-state index contributed by atoms with van der Waals surface area (Å²) in [7, 11) is 0. The smallest absolute Gasteiger partial charge is 0.307 e. The zero-order valence-electron chi connectivity index (χ0n) is 15.1. The first-order chi connectivity index (χ1) is 13.1. The van der Waals surface area contributed by atoms with Gasteiger partial charge in [0.05, 0.1) is 5.92 Å². The van der Waals surface area contributed by atoms with Crippen LogP contribution in [0, 0.1) is 11.3 Å². The molecule has 27 heavy (non-hydrogen) atoms. The van der Waals surface area contributed by atoms with Gasteiger partial charge in [0.2, 0.25) is 6.10 Å². The topological polar surface area (TPSA) is 66.8 Å². The Bertz CT molecular complexity index is 813. The van der Waals surface area contributed by atoms with Crippen LogP contribution in [0.1, 0.15) is 30.9 Å². The van der Waals surface area contributed by atoms with E-state index in [-0.39, 0.29) is 17.2 Å². The number of hydrogen-bond donors (Lipinski definition) is 1. The predicted molar refractivity (Wildman–Crippen MR) is 100 cm³/mol. The number of aliphatic carboxylic acids is 1. The Hall–Kier alpha value is -2.82. The highest BCUT2D eigenvalue weighted by Crippen LogP contribution is 2.59. The van der Waals surface area contributed by atoms with Crippen LogP contribution in [0.3, 0.4) is 0 Å². The summed E-state index contributed by atoms with van der Waals surface area (Å²) in [5.41, 5.74) is 0.729. The van der Waals surface area contributed by atoms with E-state index < -0.39 is 12.1 Å². The van der Waals surface area contributed by atoms with Gasteiger partial charge in [-0.25, -0.2) is 0 Å². The van der Waals surface area contributed by atoms with Crippen LogP contribution in [0.15, 0.2) is 60.7 Å². The summed E-state index contributed by atoms with van der Waals surface area (Å²) in [5.74, 6) is -0.349. The number of carbonyl (C=O) groups excluding carboxylic acids is 1. The zero-order chi connectivity index (χ0) is 18.9. The predicted octanol–water partition coefficient (Wildman–Crippen LogP) is 3.52. The molecule has 0 radical (unpaired) electrons. The van der Waals surface area contributed by atoms with Crippen molar-refractivity contribution in [3.63, 3.8) is 0 Å².